The lowest BCUT2D eigenvalue weighted by molar-refractivity contribution is 0.415. The third kappa shape index (κ3) is 3.40. The van der Waals surface area contributed by atoms with Crippen LogP contribution in [-0.4, -0.2) is 55.4 Å². The van der Waals surface area contributed by atoms with Gasteiger partial charge in [0.15, 0.2) is 0 Å². The zero-order chi connectivity index (χ0) is 15.4. The van der Waals surface area contributed by atoms with Gasteiger partial charge in [-0.15, -0.1) is 0 Å². The SMILES string of the molecule is COc1ccc(N=C(N=C2CCCN2C)N2CCCC2)cc1. The molecule has 2 aliphatic rings. The number of hydrogen-bond donors (Lipinski definition) is 0. The molecule has 2 heterocycles. The molecule has 0 unspecified atom stereocenters. The molecule has 0 aromatic heterocycles. The van der Waals surface area contributed by atoms with Gasteiger partial charge in [-0.3, -0.25) is 0 Å². The fourth-order valence-electron chi connectivity index (χ4n) is 2.91. The first-order valence-electron chi connectivity index (χ1n) is 8.02. The third-order valence-corrected chi connectivity index (χ3v) is 4.25. The number of ether oxygens (including phenoxy) is 1. The summed E-state index contributed by atoms with van der Waals surface area (Å²) in [4.78, 5) is 14.2. The molecule has 2 fully saturated rings. The van der Waals surface area contributed by atoms with Crippen LogP contribution in [0.25, 0.3) is 0 Å². The lowest BCUT2D eigenvalue weighted by Gasteiger charge is -2.19. The third-order valence-electron chi connectivity index (χ3n) is 4.25. The zero-order valence-electron chi connectivity index (χ0n) is 13.5. The summed E-state index contributed by atoms with van der Waals surface area (Å²) in [7, 11) is 3.79. The van der Waals surface area contributed by atoms with Gasteiger partial charge in [0.1, 0.15) is 11.6 Å². The number of nitrogens with zero attached hydrogens (tertiary/aromatic N) is 4. The van der Waals surface area contributed by atoms with Gasteiger partial charge in [-0.2, -0.15) is 4.99 Å². The number of methoxy groups -OCH3 is 1. The molecule has 0 N–H and O–H groups in total. The van der Waals surface area contributed by atoms with Crippen molar-refractivity contribution >= 4 is 17.5 Å². The van der Waals surface area contributed by atoms with Crippen molar-refractivity contribution < 1.29 is 4.74 Å². The topological polar surface area (TPSA) is 40.4 Å². The lowest BCUT2D eigenvalue weighted by atomic mass is 10.3. The zero-order valence-corrected chi connectivity index (χ0v) is 13.5. The van der Waals surface area contributed by atoms with Crippen LogP contribution >= 0.6 is 0 Å². The van der Waals surface area contributed by atoms with Crippen LogP contribution < -0.4 is 4.74 Å². The summed E-state index contributed by atoms with van der Waals surface area (Å²) >= 11 is 0. The van der Waals surface area contributed by atoms with Crippen molar-refractivity contribution in [3.05, 3.63) is 24.3 Å². The Morgan fingerprint density at radius 3 is 2.36 bits per heavy atom. The molecule has 0 bridgehead atoms. The molecule has 0 amide bonds. The average molecular weight is 300 g/mol. The van der Waals surface area contributed by atoms with Gasteiger partial charge in [-0.05, 0) is 43.5 Å². The quantitative estimate of drug-likeness (QED) is 0.623. The molecular formula is C17H24N4O. The van der Waals surface area contributed by atoms with E-state index in [2.05, 4.69) is 16.8 Å². The Morgan fingerprint density at radius 2 is 1.77 bits per heavy atom. The van der Waals surface area contributed by atoms with Gasteiger partial charge >= 0.3 is 0 Å². The fourth-order valence-corrected chi connectivity index (χ4v) is 2.91. The summed E-state index contributed by atoms with van der Waals surface area (Å²) in [6.07, 6.45) is 4.68. The van der Waals surface area contributed by atoms with E-state index in [1.807, 2.05) is 24.3 Å². The Hall–Kier alpha value is -2.04. The Bertz CT molecular complexity index is 559. The first-order chi connectivity index (χ1) is 10.8. The number of likely N-dealkylation sites (tertiary alicyclic amines) is 2. The van der Waals surface area contributed by atoms with Crippen molar-refractivity contribution in [2.75, 3.05) is 33.8 Å². The van der Waals surface area contributed by atoms with E-state index in [9.17, 15) is 0 Å². The number of aliphatic imine (C=N–C) groups is 2. The van der Waals surface area contributed by atoms with E-state index >= 15 is 0 Å². The molecule has 2 aliphatic heterocycles. The molecular weight excluding hydrogens is 276 g/mol. The molecule has 3 rings (SSSR count). The molecule has 22 heavy (non-hydrogen) atoms. The van der Waals surface area contributed by atoms with Crippen LogP contribution in [0.4, 0.5) is 5.69 Å². The maximum Gasteiger partial charge on any atom is 0.227 e. The monoisotopic (exact) mass is 300 g/mol. The largest absolute Gasteiger partial charge is 0.497 e. The number of guanidine groups is 1. The minimum Gasteiger partial charge on any atom is -0.497 e. The van der Waals surface area contributed by atoms with Crippen LogP contribution in [0.1, 0.15) is 25.7 Å². The molecule has 0 radical (unpaired) electrons. The van der Waals surface area contributed by atoms with Crippen molar-refractivity contribution in [1.29, 1.82) is 0 Å². The smallest absolute Gasteiger partial charge is 0.227 e. The highest BCUT2D eigenvalue weighted by atomic mass is 16.5. The number of amidine groups is 1. The van der Waals surface area contributed by atoms with Crippen LogP contribution in [0.15, 0.2) is 34.3 Å². The molecule has 118 valence electrons. The van der Waals surface area contributed by atoms with Crippen LogP contribution in [-0.2, 0) is 0 Å². The fraction of sp³-hybridized carbons (Fsp3) is 0.529. The van der Waals surface area contributed by atoms with E-state index in [-0.39, 0.29) is 0 Å². The Balaban J connectivity index is 1.88. The standard InChI is InChI=1S/C17H24N4O/c1-20-11-5-6-16(20)19-17(21-12-3-4-13-21)18-14-7-9-15(22-2)10-8-14/h7-10H,3-6,11-13H2,1-2H3. The predicted molar refractivity (Wildman–Crippen MR) is 90.2 cm³/mol. The maximum absolute atomic E-state index is 5.20. The number of rotatable bonds is 2. The highest BCUT2D eigenvalue weighted by Gasteiger charge is 2.20. The number of hydrogen-bond acceptors (Lipinski definition) is 2. The highest BCUT2D eigenvalue weighted by molar-refractivity contribution is 5.97. The normalized spacial score (nSPS) is 21.0. The summed E-state index contributed by atoms with van der Waals surface area (Å²) < 4.78 is 5.20. The Morgan fingerprint density at radius 1 is 1.05 bits per heavy atom. The molecule has 0 atom stereocenters. The summed E-state index contributed by atoms with van der Waals surface area (Å²) in [6.45, 7) is 3.19. The highest BCUT2D eigenvalue weighted by Crippen LogP contribution is 2.20. The molecule has 2 saturated heterocycles. The van der Waals surface area contributed by atoms with E-state index in [1.165, 1.54) is 19.3 Å². The van der Waals surface area contributed by atoms with Gasteiger partial charge in [-0.1, -0.05) is 0 Å². The predicted octanol–water partition coefficient (Wildman–Crippen LogP) is 2.90. The van der Waals surface area contributed by atoms with E-state index < -0.39 is 0 Å². The first-order valence-corrected chi connectivity index (χ1v) is 8.02. The minimum atomic E-state index is 0.850. The maximum atomic E-state index is 5.20. The molecule has 0 spiro atoms. The Labute approximate surface area is 132 Å². The average Bonchev–Trinajstić information content (AvgIpc) is 3.20. The second-order valence-electron chi connectivity index (χ2n) is 5.86. The molecule has 5 heteroatoms. The summed E-state index contributed by atoms with van der Waals surface area (Å²) in [6, 6.07) is 7.84. The molecule has 5 nitrogen and oxygen atoms in total. The first kappa shape index (κ1) is 14.9. The van der Waals surface area contributed by atoms with Gasteiger partial charge in [-0.25, -0.2) is 4.99 Å². The summed E-state index contributed by atoms with van der Waals surface area (Å²) in [5.74, 6) is 2.86. The minimum absolute atomic E-state index is 0.850. The van der Waals surface area contributed by atoms with E-state index in [1.54, 1.807) is 7.11 Å². The van der Waals surface area contributed by atoms with Gasteiger partial charge < -0.3 is 14.5 Å². The second-order valence-corrected chi connectivity index (χ2v) is 5.86. The van der Waals surface area contributed by atoms with Crippen molar-refractivity contribution in [3.8, 4) is 5.75 Å². The van der Waals surface area contributed by atoms with Crippen LogP contribution in [0.2, 0.25) is 0 Å². The summed E-state index contributed by atoms with van der Waals surface area (Å²) in [5, 5.41) is 0. The van der Waals surface area contributed by atoms with Crippen LogP contribution in [0, 0.1) is 0 Å². The summed E-state index contributed by atoms with van der Waals surface area (Å²) in [5.41, 5.74) is 0.924. The molecule has 0 saturated carbocycles. The molecule has 1 aromatic rings. The van der Waals surface area contributed by atoms with Crippen LogP contribution in [0.5, 0.6) is 5.75 Å². The van der Waals surface area contributed by atoms with Crippen molar-refractivity contribution in [3.63, 3.8) is 0 Å². The van der Waals surface area contributed by atoms with Crippen molar-refractivity contribution in [1.82, 2.24) is 9.80 Å². The van der Waals surface area contributed by atoms with Gasteiger partial charge in [0.2, 0.25) is 5.96 Å². The molecule has 0 aliphatic carbocycles. The van der Waals surface area contributed by atoms with Crippen molar-refractivity contribution in [2.24, 2.45) is 9.98 Å². The second kappa shape index (κ2) is 6.81. The van der Waals surface area contributed by atoms with Gasteiger partial charge in [0, 0.05) is 33.1 Å². The van der Waals surface area contributed by atoms with Gasteiger partial charge in [0.25, 0.3) is 0 Å². The Kier molecular flexibility index (Phi) is 4.61. The van der Waals surface area contributed by atoms with Crippen LogP contribution in [0.3, 0.4) is 0 Å². The van der Waals surface area contributed by atoms with Gasteiger partial charge in [0.05, 0.1) is 12.8 Å². The van der Waals surface area contributed by atoms with E-state index in [0.29, 0.717) is 0 Å². The lowest BCUT2D eigenvalue weighted by Crippen LogP contribution is -2.29. The molecule has 1 aromatic carbocycles. The van der Waals surface area contributed by atoms with E-state index in [0.717, 1.165) is 49.3 Å². The van der Waals surface area contributed by atoms with E-state index in [4.69, 9.17) is 14.7 Å². The number of benzene rings is 1. The van der Waals surface area contributed by atoms with Crippen molar-refractivity contribution in [2.45, 2.75) is 25.7 Å².